The van der Waals surface area contributed by atoms with Gasteiger partial charge in [0, 0.05) is 30.9 Å². The van der Waals surface area contributed by atoms with E-state index in [0.29, 0.717) is 13.1 Å². The molecule has 2 rings (SSSR count). The number of ether oxygens (including phenoxy) is 1. The number of aliphatic hydroxyl groups excluding tert-OH is 1. The molecule has 6 nitrogen and oxygen atoms in total. The molecule has 1 heterocycles. The first-order chi connectivity index (χ1) is 8.91. The summed E-state index contributed by atoms with van der Waals surface area (Å²) in [6, 6.07) is 6.53. The topological polar surface area (TPSA) is 75.8 Å². The molecule has 1 saturated heterocycles. The molecular formula is C13H18N2O4. The molecule has 0 aliphatic carbocycles. The van der Waals surface area contributed by atoms with Crippen LogP contribution < -0.4 is 4.90 Å². The number of anilines is 1. The van der Waals surface area contributed by atoms with Gasteiger partial charge in [-0.25, -0.2) is 0 Å². The number of nitro benzene ring substituents is 1. The molecule has 1 aliphatic heterocycles. The Labute approximate surface area is 111 Å². The van der Waals surface area contributed by atoms with E-state index >= 15 is 0 Å². The largest absolute Gasteiger partial charge is 0.394 e. The number of nitrogens with zero attached hydrogens (tertiary/aromatic N) is 2. The molecular weight excluding hydrogens is 248 g/mol. The van der Waals surface area contributed by atoms with E-state index < -0.39 is 10.5 Å². The lowest BCUT2D eigenvalue weighted by Gasteiger charge is -2.43. The quantitative estimate of drug-likeness (QED) is 0.664. The van der Waals surface area contributed by atoms with Crippen LogP contribution in [0.4, 0.5) is 11.4 Å². The molecule has 0 amide bonds. The van der Waals surface area contributed by atoms with Crippen molar-refractivity contribution in [2.45, 2.75) is 25.6 Å². The molecule has 1 atom stereocenters. The van der Waals surface area contributed by atoms with Crippen LogP contribution in [-0.2, 0) is 4.74 Å². The molecule has 1 aromatic carbocycles. The number of morpholine rings is 1. The Kier molecular flexibility index (Phi) is 3.73. The minimum Gasteiger partial charge on any atom is -0.394 e. The van der Waals surface area contributed by atoms with Crippen molar-refractivity contribution in [3.05, 3.63) is 34.4 Å². The van der Waals surface area contributed by atoms with Gasteiger partial charge in [0.05, 0.1) is 23.2 Å². The fourth-order valence-corrected chi connectivity index (χ4v) is 2.39. The molecule has 0 radical (unpaired) electrons. The van der Waals surface area contributed by atoms with Crippen molar-refractivity contribution in [2.24, 2.45) is 0 Å². The second-order valence-electron chi connectivity index (χ2n) is 5.34. The second kappa shape index (κ2) is 5.14. The number of non-ortho nitro benzene ring substituents is 1. The number of benzene rings is 1. The normalized spacial score (nSPS) is 22.3. The van der Waals surface area contributed by atoms with Gasteiger partial charge in [0.25, 0.3) is 5.69 Å². The van der Waals surface area contributed by atoms with Crippen molar-refractivity contribution >= 4 is 11.4 Å². The molecule has 1 aliphatic rings. The van der Waals surface area contributed by atoms with Crippen molar-refractivity contribution in [3.8, 4) is 0 Å². The van der Waals surface area contributed by atoms with Crippen LogP contribution in [0.3, 0.4) is 0 Å². The molecule has 0 saturated carbocycles. The summed E-state index contributed by atoms with van der Waals surface area (Å²) >= 11 is 0. The van der Waals surface area contributed by atoms with Gasteiger partial charge in [-0.05, 0) is 19.9 Å². The average molecular weight is 266 g/mol. The molecule has 6 heteroatoms. The van der Waals surface area contributed by atoms with Gasteiger partial charge in [0.1, 0.15) is 0 Å². The van der Waals surface area contributed by atoms with E-state index in [4.69, 9.17) is 4.74 Å². The van der Waals surface area contributed by atoms with Gasteiger partial charge in [0.2, 0.25) is 0 Å². The number of hydrogen-bond acceptors (Lipinski definition) is 5. The second-order valence-corrected chi connectivity index (χ2v) is 5.34. The molecule has 1 fully saturated rings. The summed E-state index contributed by atoms with van der Waals surface area (Å²) in [4.78, 5) is 12.4. The van der Waals surface area contributed by atoms with Crippen LogP contribution >= 0.6 is 0 Å². The Morgan fingerprint density at radius 2 is 2.32 bits per heavy atom. The van der Waals surface area contributed by atoms with Crippen LogP contribution in [0.25, 0.3) is 0 Å². The summed E-state index contributed by atoms with van der Waals surface area (Å²) in [6.07, 6.45) is -0.275. The zero-order valence-corrected chi connectivity index (χ0v) is 11.1. The fraction of sp³-hybridized carbons (Fsp3) is 0.538. The van der Waals surface area contributed by atoms with Gasteiger partial charge in [-0.3, -0.25) is 10.1 Å². The van der Waals surface area contributed by atoms with Crippen LogP contribution in [0.2, 0.25) is 0 Å². The maximum Gasteiger partial charge on any atom is 0.271 e. The molecule has 1 aromatic rings. The van der Waals surface area contributed by atoms with Gasteiger partial charge in [-0.1, -0.05) is 6.07 Å². The standard InChI is InChI=1S/C13H18N2O4/c1-13(2)9-14(7-12(8-16)19-13)10-4-3-5-11(6-10)15(17)18/h3-6,12,16H,7-9H2,1-2H3. The van der Waals surface area contributed by atoms with Crippen molar-refractivity contribution in [2.75, 3.05) is 24.6 Å². The first-order valence-corrected chi connectivity index (χ1v) is 6.19. The lowest BCUT2D eigenvalue weighted by atomic mass is 10.0. The predicted octanol–water partition coefficient (Wildman–Crippen LogP) is 1.57. The van der Waals surface area contributed by atoms with E-state index in [9.17, 15) is 15.2 Å². The third kappa shape index (κ3) is 3.21. The molecule has 0 bridgehead atoms. The molecule has 19 heavy (non-hydrogen) atoms. The Bertz CT molecular complexity index is 475. The summed E-state index contributed by atoms with van der Waals surface area (Å²) in [7, 11) is 0. The highest BCUT2D eigenvalue weighted by Gasteiger charge is 2.33. The summed E-state index contributed by atoms with van der Waals surface area (Å²) in [6.45, 7) is 4.99. The number of nitro groups is 1. The monoisotopic (exact) mass is 266 g/mol. The highest BCUT2D eigenvalue weighted by atomic mass is 16.6. The zero-order valence-electron chi connectivity index (χ0n) is 11.1. The van der Waals surface area contributed by atoms with Gasteiger partial charge in [-0.2, -0.15) is 0 Å². The average Bonchev–Trinajstić information content (AvgIpc) is 2.37. The molecule has 0 spiro atoms. The third-order valence-corrected chi connectivity index (χ3v) is 3.09. The van der Waals surface area contributed by atoms with Crippen molar-refractivity contribution < 1.29 is 14.8 Å². The van der Waals surface area contributed by atoms with Crippen LogP contribution in [0.15, 0.2) is 24.3 Å². The van der Waals surface area contributed by atoms with Crippen LogP contribution in [-0.4, -0.2) is 41.4 Å². The fourth-order valence-electron chi connectivity index (χ4n) is 2.39. The summed E-state index contributed by atoms with van der Waals surface area (Å²) in [5.41, 5.74) is 0.461. The van der Waals surface area contributed by atoms with Gasteiger partial charge < -0.3 is 14.7 Å². The van der Waals surface area contributed by atoms with Crippen molar-refractivity contribution in [1.29, 1.82) is 0 Å². The van der Waals surface area contributed by atoms with E-state index in [2.05, 4.69) is 0 Å². The smallest absolute Gasteiger partial charge is 0.271 e. The highest BCUT2D eigenvalue weighted by molar-refractivity contribution is 5.53. The Balaban J connectivity index is 2.25. The van der Waals surface area contributed by atoms with Crippen LogP contribution in [0, 0.1) is 10.1 Å². The van der Waals surface area contributed by atoms with Gasteiger partial charge >= 0.3 is 0 Å². The minimum absolute atomic E-state index is 0.0607. The van der Waals surface area contributed by atoms with Crippen molar-refractivity contribution in [3.63, 3.8) is 0 Å². The third-order valence-electron chi connectivity index (χ3n) is 3.09. The summed E-state index contributed by atoms with van der Waals surface area (Å²) in [5, 5.41) is 20.1. The van der Waals surface area contributed by atoms with E-state index in [1.54, 1.807) is 12.1 Å². The maximum absolute atomic E-state index is 10.8. The van der Waals surface area contributed by atoms with E-state index in [-0.39, 0.29) is 18.4 Å². The number of aliphatic hydroxyl groups is 1. The molecule has 1 unspecified atom stereocenters. The predicted molar refractivity (Wildman–Crippen MR) is 71.3 cm³/mol. The van der Waals surface area contributed by atoms with E-state index in [0.717, 1.165) is 5.69 Å². The Morgan fingerprint density at radius 1 is 1.58 bits per heavy atom. The summed E-state index contributed by atoms with van der Waals surface area (Å²) < 4.78 is 5.73. The summed E-state index contributed by atoms with van der Waals surface area (Å²) in [5.74, 6) is 0. The van der Waals surface area contributed by atoms with Gasteiger partial charge in [0.15, 0.2) is 0 Å². The lowest BCUT2D eigenvalue weighted by molar-refractivity contribution is -0.384. The first-order valence-electron chi connectivity index (χ1n) is 6.19. The van der Waals surface area contributed by atoms with Crippen LogP contribution in [0.1, 0.15) is 13.8 Å². The Hall–Kier alpha value is -1.66. The number of hydrogen-bond donors (Lipinski definition) is 1. The SMILES string of the molecule is CC1(C)CN(c2cccc([N+](=O)[O-])c2)CC(CO)O1. The van der Waals surface area contributed by atoms with E-state index in [1.807, 2.05) is 24.8 Å². The first kappa shape index (κ1) is 13.8. The Morgan fingerprint density at radius 3 is 2.95 bits per heavy atom. The zero-order chi connectivity index (χ0) is 14.0. The molecule has 104 valence electrons. The number of rotatable bonds is 3. The van der Waals surface area contributed by atoms with Crippen molar-refractivity contribution in [1.82, 2.24) is 0 Å². The highest BCUT2D eigenvalue weighted by Crippen LogP contribution is 2.28. The van der Waals surface area contributed by atoms with Crippen LogP contribution in [0.5, 0.6) is 0 Å². The van der Waals surface area contributed by atoms with Gasteiger partial charge in [-0.15, -0.1) is 0 Å². The molecule has 1 N–H and O–H groups in total. The lowest BCUT2D eigenvalue weighted by Crippen LogP contribution is -2.54. The molecule has 0 aromatic heterocycles. The van der Waals surface area contributed by atoms with E-state index in [1.165, 1.54) is 6.07 Å². The maximum atomic E-state index is 10.8. The minimum atomic E-state index is -0.404.